The van der Waals surface area contributed by atoms with Gasteiger partial charge in [-0.05, 0) is 49.4 Å². The molecule has 0 aliphatic carbocycles. The summed E-state index contributed by atoms with van der Waals surface area (Å²) in [4.78, 5) is 2.09. The Morgan fingerprint density at radius 2 is 2.10 bits per heavy atom. The number of aromatic nitrogens is 2. The maximum absolute atomic E-state index is 13.9. The number of nitrogens with zero attached hydrogens (tertiary/aromatic N) is 2. The molecule has 3 nitrogen and oxygen atoms in total. The molecule has 3 rings (SSSR count). The van der Waals surface area contributed by atoms with Crippen LogP contribution in [0.1, 0.15) is 30.0 Å². The molecular formula is C15H17ClFN3. The highest BCUT2D eigenvalue weighted by molar-refractivity contribution is 6.30. The molecule has 1 saturated heterocycles. The zero-order chi connectivity index (χ0) is 14.1. The van der Waals surface area contributed by atoms with Crippen LogP contribution in [0.15, 0.2) is 24.4 Å². The van der Waals surface area contributed by atoms with Gasteiger partial charge in [0.1, 0.15) is 5.82 Å². The molecule has 0 radical (unpaired) electrons. The molecule has 0 unspecified atom stereocenters. The summed E-state index contributed by atoms with van der Waals surface area (Å²) in [5.41, 5.74) is 3.08. The van der Waals surface area contributed by atoms with Crippen molar-refractivity contribution in [3.8, 4) is 0 Å². The number of piperidine rings is 1. The molecule has 5 heteroatoms. The number of hydrogen-bond acceptors (Lipinski definition) is 2. The lowest BCUT2D eigenvalue weighted by Gasteiger charge is -2.33. The van der Waals surface area contributed by atoms with Gasteiger partial charge in [0.15, 0.2) is 0 Å². The van der Waals surface area contributed by atoms with Crippen LogP contribution in [-0.4, -0.2) is 23.3 Å². The third-order valence-electron chi connectivity index (χ3n) is 4.05. The average Bonchev–Trinajstić information content (AvgIpc) is 2.85. The van der Waals surface area contributed by atoms with Gasteiger partial charge in [0.2, 0.25) is 0 Å². The van der Waals surface area contributed by atoms with Crippen molar-refractivity contribution in [1.82, 2.24) is 10.2 Å². The fourth-order valence-electron chi connectivity index (χ4n) is 2.94. The minimum Gasteiger partial charge on any atom is -0.369 e. The molecule has 20 heavy (non-hydrogen) atoms. The number of H-pyrrole nitrogens is 1. The Bertz CT molecular complexity index is 603. The first kappa shape index (κ1) is 13.4. The van der Waals surface area contributed by atoms with Gasteiger partial charge in [-0.3, -0.25) is 5.10 Å². The minimum absolute atomic E-state index is 0.240. The van der Waals surface area contributed by atoms with Gasteiger partial charge in [-0.1, -0.05) is 11.6 Å². The Balaban J connectivity index is 1.71. The van der Waals surface area contributed by atoms with Crippen molar-refractivity contribution in [2.24, 2.45) is 0 Å². The molecule has 106 valence electrons. The Morgan fingerprint density at radius 1 is 1.35 bits per heavy atom. The van der Waals surface area contributed by atoms with E-state index in [0.29, 0.717) is 16.6 Å². The topological polar surface area (TPSA) is 31.9 Å². The van der Waals surface area contributed by atoms with Crippen molar-refractivity contribution in [3.63, 3.8) is 0 Å². The molecule has 1 fully saturated rings. The van der Waals surface area contributed by atoms with E-state index in [9.17, 15) is 4.39 Å². The summed E-state index contributed by atoms with van der Waals surface area (Å²) in [6.07, 6.45) is 3.95. The van der Waals surface area contributed by atoms with Crippen molar-refractivity contribution < 1.29 is 4.39 Å². The summed E-state index contributed by atoms with van der Waals surface area (Å²) in [7, 11) is 0. The number of anilines is 1. The van der Waals surface area contributed by atoms with E-state index in [4.69, 9.17) is 11.6 Å². The van der Waals surface area contributed by atoms with Gasteiger partial charge in [0.25, 0.3) is 0 Å². The molecule has 0 amide bonds. The molecule has 2 aromatic rings. The van der Waals surface area contributed by atoms with E-state index in [2.05, 4.69) is 15.1 Å². The average molecular weight is 294 g/mol. The molecule has 1 aromatic heterocycles. The molecule has 0 spiro atoms. The van der Waals surface area contributed by atoms with Crippen molar-refractivity contribution in [1.29, 1.82) is 0 Å². The lowest BCUT2D eigenvalue weighted by molar-refractivity contribution is 0.496. The van der Waals surface area contributed by atoms with Crippen LogP contribution >= 0.6 is 11.6 Å². The first-order valence-corrected chi connectivity index (χ1v) is 7.23. The molecule has 1 aromatic carbocycles. The first-order chi connectivity index (χ1) is 9.65. The second-order valence-corrected chi connectivity index (χ2v) is 5.74. The lowest BCUT2D eigenvalue weighted by atomic mass is 9.89. The summed E-state index contributed by atoms with van der Waals surface area (Å²) in [6.45, 7) is 3.76. The van der Waals surface area contributed by atoms with E-state index in [1.165, 1.54) is 11.6 Å². The summed E-state index contributed by atoms with van der Waals surface area (Å²) in [5.74, 6) is 0.274. The van der Waals surface area contributed by atoms with Crippen LogP contribution in [0.4, 0.5) is 10.1 Å². The standard InChI is InChI=1S/C15H17ClFN3/c1-10-13(9-18-19-10)11-4-6-20(7-5-11)15-3-2-12(16)8-14(15)17/h2-3,8-9,11H,4-7H2,1H3,(H,18,19). The number of aryl methyl sites for hydroxylation is 1. The zero-order valence-corrected chi connectivity index (χ0v) is 12.1. The number of nitrogens with one attached hydrogen (secondary N) is 1. The van der Waals surface area contributed by atoms with Crippen LogP contribution in [0, 0.1) is 12.7 Å². The Kier molecular flexibility index (Phi) is 3.66. The van der Waals surface area contributed by atoms with Gasteiger partial charge in [-0.25, -0.2) is 4.39 Å². The van der Waals surface area contributed by atoms with Gasteiger partial charge in [-0.15, -0.1) is 0 Å². The van der Waals surface area contributed by atoms with Crippen LogP contribution in [-0.2, 0) is 0 Å². The number of aromatic amines is 1. The Morgan fingerprint density at radius 3 is 2.70 bits per heavy atom. The number of halogens is 2. The van der Waals surface area contributed by atoms with Crippen molar-refractivity contribution in [3.05, 3.63) is 46.5 Å². The third-order valence-corrected chi connectivity index (χ3v) is 4.29. The minimum atomic E-state index is -0.240. The number of benzene rings is 1. The van der Waals surface area contributed by atoms with Crippen LogP contribution in [0.25, 0.3) is 0 Å². The molecule has 0 atom stereocenters. The van der Waals surface area contributed by atoms with Crippen LogP contribution in [0.5, 0.6) is 0 Å². The van der Waals surface area contributed by atoms with Crippen molar-refractivity contribution in [2.75, 3.05) is 18.0 Å². The summed E-state index contributed by atoms with van der Waals surface area (Å²) in [6, 6.07) is 4.89. The molecular weight excluding hydrogens is 277 g/mol. The first-order valence-electron chi connectivity index (χ1n) is 6.85. The molecule has 2 heterocycles. The summed E-state index contributed by atoms with van der Waals surface area (Å²) in [5, 5.41) is 7.51. The highest BCUT2D eigenvalue weighted by atomic mass is 35.5. The van der Waals surface area contributed by atoms with Gasteiger partial charge in [0.05, 0.1) is 11.9 Å². The predicted octanol–water partition coefficient (Wildman–Crippen LogP) is 3.89. The van der Waals surface area contributed by atoms with Gasteiger partial charge in [0, 0.05) is 23.8 Å². The Labute approximate surface area is 122 Å². The normalized spacial score (nSPS) is 16.6. The maximum Gasteiger partial charge on any atom is 0.147 e. The van der Waals surface area contributed by atoms with E-state index in [1.54, 1.807) is 12.1 Å². The SMILES string of the molecule is Cc1[nH]ncc1C1CCN(c2ccc(Cl)cc2F)CC1. The fraction of sp³-hybridized carbons (Fsp3) is 0.400. The fourth-order valence-corrected chi connectivity index (χ4v) is 3.10. The smallest absolute Gasteiger partial charge is 0.147 e. The maximum atomic E-state index is 13.9. The zero-order valence-electron chi connectivity index (χ0n) is 11.4. The quantitative estimate of drug-likeness (QED) is 0.911. The monoisotopic (exact) mass is 293 g/mol. The van der Waals surface area contributed by atoms with Crippen LogP contribution in [0.2, 0.25) is 5.02 Å². The van der Waals surface area contributed by atoms with E-state index in [0.717, 1.165) is 31.6 Å². The van der Waals surface area contributed by atoms with E-state index >= 15 is 0 Å². The summed E-state index contributed by atoms with van der Waals surface area (Å²) >= 11 is 5.80. The van der Waals surface area contributed by atoms with E-state index in [-0.39, 0.29) is 5.82 Å². The van der Waals surface area contributed by atoms with Gasteiger partial charge >= 0.3 is 0 Å². The number of hydrogen-bond donors (Lipinski definition) is 1. The molecule has 0 saturated carbocycles. The van der Waals surface area contributed by atoms with E-state index < -0.39 is 0 Å². The molecule has 1 aliphatic heterocycles. The Hall–Kier alpha value is -1.55. The number of rotatable bonds is 2. The van der Waals surface area contributed by atoms with Crippen molar-refractivity contribution in [2.45, 2.75) is 25.7 Å². The van der Waals surface area contributed by atoms with Gasteiger partial charge in [-0.2, -0.15) is 5.10 Å². The largest absolute Gasteiger partial charge is 0.369 e. The molecule has 1 aliphatic rings. The van der Waals surface area contributed by atoms with Crippen LogP contribution in [0.3, 0.4) is 0 Å². The van der Waals surface area contributed by atoms with E-state index in [1.807, 2.05) is 13.1 Å². The highest BCUT2D eigenvalue weighted by Crippen LogP contribution is 2.32. The highest BCUT2D eigenvalue weighted by Gasteiger charge is 2.24. The summed E-state index contributed by atoms with van der Waals surface area (Å²) < 4.78 is 13.9. The molecule has 1 N–H and O–H groups in total. The van der Waals surface area contributed by atoms with Gasteiger partial charge < -0.3 is 4.90 Å². The van der Waals surface area contributed by atoms with Crippen LogP contribution < -0.4 is 4.90 Å². The second kappa shape index (κ2) is 5.44. The predicted molar refractivity (Wildman–Crippen MR) is 78.9 cm³/mol. The molecule has 0 bridgehead atoms. The lowest BCUT2D eigenvalue weighted by Crippen LogP contribution is -2.33. The second-order valence-electron chi connectivity index (χ2n) is 5.31. The third kappa shape index (κ3) is 2.52. The van der Waals surface area contributed by atoms with Crippen molar-refractivity contribution >= 4 is 17.3 Å².